The van der Waals surface area contributed by atoms with Gasteiger partial charge in [0, 0.05) is 11.3 Å². The van der Waals surface area contributed by atoms with Crippen LogP contribution in [0.1, 0.15) is 30.7 Å². The molecule has 0 aliphatic carbocycles. The highest BCUT2D eigenvalue weighted by Crippen LogP contribution is 2.24. The molecular weight excluding hydrogens is 416 g/mol. The quantitative estimate of drug-likeness (QED) is 0.433. The fourth-order valence-corrected chi connectivity index (χ4v) is 4.73. The maximum Gasteiger partial charge on any atom is 0.278 e. The number of aliphatic hydroxyl groups is 1. The third kappa shape index (κ3) is 4.74. The van der Waals surface area contributed by atoms with E-state index in [4.69, 9.17) is 4.52 Å². The monoisotopic (exact) mass is 446 g/mol. The first-order valence-corrected chi connectivity index (χ1v) is 14.3. The molecule has 0 amide bonds. The summed E-state index contributed by atoms with van der Waals surface area (Å²) in [5.74, 6) is 0.966. The fourth-order valence-electron chi connectivity index (χ4n) is 3.56. The average Bonchev–Trinajstić information content (AvgIpc) is 3.34. The van der Waals surface area contributed by atoms with E-state index >= 15 is 0 Å². The lowest BCUT2D eigenvalue weighted by molar-refractivity contribution is 0.0785. The normalized spacial score (nSPS) is 12.3. The predicted molar refractivity (Wildman–Crippen MR) is 129 cm³/mol. The van der Waals surface area contributed by atoms with E-state index in [2.05, 4.69) is 59.1 Å². The summed E-state index contributed by atoms with van der Waals surface area (Å²) in [5.41, 5.74) is 3.64. The van der Waals surface area contributed by atoms with Crippen LogP contribution < -0.4 is 5.19 Å². The lowest BCUT2D eigenvalue weighted by Crippen LogP contribution is -2.37. The number of aryl methyl sites for hydroxylation is 1. The van der Waals surface area contributed by atoms with Crippen LogP contribution in [-0.2, 0) is 12.1 Å². The SMILES string of the molecule is Cc1cc(-c2nc(-c3ccc([Si](C)(C)C)cc3)no2)nn1Cc1cccc(C(C)(C)O)c1. The van der Waals surface area contributed by atoms with Crippen molar-refractivity contribution in [2.24, 2.45) is 0 Å². The number of hydrogen-bond acceptors (Lipinski definition) is 5. The van der Waals surface area contributed by atoms with Crippen molar-refractivity contribution in [2.45, 2.75) is 52.6 Å². The molecule has 0 saturated heterocycles. The topological polar surface area (TPSA) is 77.0 Å². The van der Waals surface area contributed by atoms with Crippen molar-refractivity contribution in [1.29, 1.82) is 0 Å². The maximum atomic E-state index is 10.3. The molecule has 2 heterocycles. The fraction of sp³-hybridized carbons (Fsp3) is 0.320. The smallest absolute Gasteiger partial charge is 0.278 e. The van der Waals surface area contributed by atoms with E-state index in [1.165, 1.54) is 5.19 Å². The predicted octanol–water partition coefficient (Wildman–Crippen LogP) is 4.73. The number of aromatic nitrogens is 4. The molecule has 0 bridgehead atoms. The summed E-state index contributed by atoms with van der Waals surface area (Å²) in [6, 6.07) is 18.3. The van der Waals surface area contributed by atoms with E-state index < -0.39 is 13.7 Å². The molecule has 0 aliphatic heterocycles. The highest BCUT2D eigenvalue weighted by molar-refractivity contribution is 6.88. The van der Waals surface area contributed by atoms with Gasteiger partial charge in [0.25, 0.3) is 5.89 Å². The molecule has 4 aromatic rings. The van der Waals surface area contributed by atoms with Gasteiger partial charge in [0.1, 0.15) is 0 Å². The van der Waals surface area contributed by atoms with Gasteiger partial charge in [0.05, 0.1) is 20.2 Å². The Morgan fingerprint density at radius 2 is 1.75 bits per heavy atom. The van der Waals surface area contributed by atoms with Crippen LogP contribution in [0.4, 0.5) is 0 Å². The summed E-state index contributed by atoms with van der Waals surface area (Å²) in [7, 11) is -1.35. The van der Waals surface area contributed by atoms with Gasteiger partial charge < -0.3 is 9.63 Å². The highest BCUT2D eigenvalue weighted by atomic mass is 28.3. The van der Waals surface area contributed by atoms with Gasteiger partial charge in [-0.15, -0.1) is 0 Å². The van der Waals surface area contributed by atoms with E-state index in [0.717, 1.165) is 22.4 Å². The van der Waals surface area contributed by atoms with Gasteiger partial charge in [-0.25, -0.2) is 0 Å². The van der Waals surface area contributed by atoms with E-state index in [0.29, 0.717) is 24.0 Å². The van der Waals surface area contributed by atoms with Gasteiger partial charge in [-0.05, 0) is 38.0 Å². The van der Waals surface area contributed by atoms with Crippen LogP contribution >= 0.6 is 0 Å². The molecule has 2 aromatic carbocycles. The molecule has 4 rings (SSSR count). The zero-order valence-electron chi connectivity index (χ0n) is 19.5. The molecule has 0 aliphatic rings. The van der Waals surface area contributed by atoms with Crippen LogP contribution in [0.2, 0.25) is 19.6 Å². The Hall–Kier alpha value is -3.03. The van der Waals surface area contributed by atoms with Gasteiger partial charge >= 0.3 is 0 Å². The zero-order valence-corrected chi connectivity index (χ0v) is 20.5. The van der Waals surface area contributed by atoms with Crippen LogP contribution in [-0.4, -0.2) is 33.1 Å². The van der Waals surface area contributed by atoms with Gasteiger partial charge in [0.2, 0.25) is 5.82 Å². The number of rotatable bonds is 6. The second-order valence-electron chi connectivity index (χ2n) is 9.84. The van der Waals surface area contributed by atoms with Crippen molar-refractivity contribution in [2.75, 3.05) is 0 Å². The first kappa shape index (κ1) is 22.2. The summed E-state index contributed by atoms with van der Waals surface area (Å²) in [5, 5.41) is 20.5. The van der Waals surface area contributed by atoms with E-state index in [1.807, 2.05) is 41.9 Å². The van der Waals surface area contributed by atoms with Crippen LogP contribution in [0.25, 0.3) is 23.0 Å². The summed E-state index contributed by atoms with van der Waals surface area (Å²) in [6.07, 6.45) is 0. The molecular formula is C25H30N4O2Si. The lowest BCUT2D eigenvalue weighted by Gasteiger charge is -2.18. The molecule has 0 spiro atoms. The second kappa shape index (κ2) is 8.15. The number of benzene rings is 2. The number of hydrogen-bond donors (Lipinski definition) is 1. The minimum absolute atomic E-state index is 0.404. The molecule has 0 radical (unpaired) electrons. The van der Waals surface area contributed by atoms with Crippen molar-refractivity contribution in [3.8, 4) is 23.0 Å². The summed E-state index contributed by atoms with van der Waals surface area (Å²) < 4.78 is 7.43. The van der Waals surface area contributed by atoms with E-state index in [-0.39, 0.29) is 0 Å². The minimum Gasteiger partial charge on any atom is -0.386 e. The second-order valence-corrected chi connectivity index (χ2v) is 14.9. The standard InChI is InChI=1S/C25H30N4O2Si/c1-17-14-22(27-29(17)16-18-8-7-9-20(15-18)25(2,3)30)24-26-23(28-31-24)19-10-12-21(13-11-19)32(4,5)6/h7-15,30H,16H2,1-6H3. The third-order valence-corrected chi connectivity index (χ3v) is 7.67. The Balaban J connectivity index is 1.56. The Labute approximate surface area is 189 Å². The molecule has 166 valence electrons. The van der Waals surface area contributed by atoms with Crippen molar-refractivity contribution in [3.05, 3.63) is 71.4 Å². The summed E-state index contributed by atoms with van der Waals surface area (Å²) >= 11 is 0. The van der Waals surface area contributed by atoms with Gasteiger partial charge in [-0.2, -0.15) is 10.1 Å². The third-order valence-electron chi connectivity index (χ3n) is 5.60. The van der Waals surface area contributed by atoms with Gasteiger partial charge in [0.15, 0.2) is 5.69 Å². The lowest BCUT2D eigenvalue weighted by atomic mass is 9.96. The highest BCUT2D eigenvalue weighted by Gasteiger charge is 2.19. The van der Waals surface area contributed by atoms with Crippen molar-refractivity contribution < 1.29 is 9.63 Å². The molecule has 0 saturated carbocycles. The van der Waals surface area contributed by atoms with Crippen LogP contribution in [0.15, 0.2) is 59.1 Å². The molecule has 0 unspecified atom stereocenters. The summed E-state index contributed by atoms with van der Waals surface area (Å²) in [4.78, 5) is 4.58. The molecule has 6 nitrogen and oxygen atoms in total. The minimum atomic E-state index is -1.35. The molecule has 0 fully saturated rings. The van der Waals surface area contributed by atoms with E-state index in [1.54, 1.807) is 13.8 Å². The molecule has 1 N–H and O–H groups in total. The molecule has 7 heteroatoms. The average molecular weight is 447 g/mol. The van der Waals surface area contributed by atoms with Gasteiger partial charge in [-0.3, -0.25) is 4.68 Å². The van der Waals surface area contributed by atoms with Crippen molar-refractivity contribution in [1.82, 2.24) is 19.9 Å². The van der Waals surface area contributed by atoms with Crippen molar-refractivity contribution >= 4 is 13.3 Å². The molecule has 32 heavy (non-hydrogen) atoms. The first-order valence-electron chi connectivity index (χ1n) is 10.8. The van der Waals surface area contributed by atoms with Crippen LogP contribution in [0.5, 0.6) is 0 Å². The van der Waals surface area contributed by atoms with Gasteiger partial charge in [-0.1, -0.05) is 78.5 Å². The first-order chi connectivity index (χ1) is 15.0. The Morgan fingerprint density at radius 3 is 2.41 bits per heavy atom. The Morgan fingerprint density at radius 1 is 1.03 bits per heavy atom. The van der Waals surface area contributed by atoms with E-state index in [9.17, 15) is 5.11 Å². The maximum absolute atomic E-state index is 10.3. The van der Waals surface area contributed by atoms with Crippen LogP contribution in [0, 0.1) is 6.92 Å². The number of nitrogens with zero attached hydrogens (tertiary/aromatic N) is 4. The molecule has 0 atom stereocenters. The summed E-state index contributed by atoms with van der Waals surface area (Å²) in [6.45, 7) is 13.2. The Kier molecular flexibility index (Phi) is 5.64. The van der Waals surface area contributed by atoms with Crippen LogP contribution in [0.3, 0.4) is 0 Å². The Bertz CT molecular complexity index is 1230. The van der Waals surface area contributed by atoms with Crippen molar-refractivity contribution in [3.63, 3.8) is 0 Å². The zero-order chi connectivity index (χ0) is 23.1. The largest absolute Gasteiger partial charge is 0.386 e. The molecule has 2 aromatic heterocycles.